The van der Waals surface area contributed by atoms with E-state index in [2.05, 4.69) is 37.7 Å². The van der Waals surface area contributed by atoms with E-state index in [1.165, 1.54) is 0 Å². The number of fused-ring (bicyclic) bond motifs is 1. The number of nitrogens with one attached hydrogen (secondary N) is 3. The SMILES string of the molecule is CCCNc1nc(NCc2ccc(C)o2)c2cn[nH]c2n1. The van der Waals surface area contributed by atoms with Gasteiger partial charge in [0.25, 0.3) is 0 Å². The molecule has 110 valence electrons. The molecule has 3 aromatic rings. The van der Waals surface area contributed by atoms with E-state index >= 15 is 0 Å². The average molecular weight is 286 g/mol. The van der Waals surface area contributed by atoms with Crippen LogP contribution in [0.15, 0.2) is 22.7 Å². The fourth-order valence-electron chi connectivity index (χ4n) is 2.04. The van der Waals surface area contributed by atoms with Crippen LogP contribution in [0.3, 0.4) is 0 Å². The maximum atomic E-state index is 5.55. The lowest BCUT2D eigenvalue weighted by Gasteiger charge is -2.08. The van der Waals surface area contributed by atoms with Gasteiger partial charge in [0, 0.05) is 6.54 Å². The number of hydrogen-bond acceptors (Lipinski definition) is 6. The third kappa shape index (κ3) is 2.96. The maximum Gasteiger partial charge on any atom is 0.226 e. The van der Waals surface area contributed by atoms with Crippen LogP contribution < -0.4 is 10.6 Å². The summed E-state index contributed by atoms with van der Waals surface area (Å²) in [6, 6.07) is 3.89. The second-order valence-electron chi connectivity index (χ2n) is 4.82. The second kappa shape index (κ2) is 5.82. The first-order chi connectivity index (χ1) is 10.3. The number of aryl methyl sites for hydroxylation is 1. The third-order valence-electron chi connectivity index (χ3n) is 3.07. The van der Waals surface area contributed by atoms with Crippen molar-refractivity contribution in [2.24, 2.45) is 0 Å². The van der Waals surface area contributed by atoms with E-state index in [4.69, 9.17) is 4.42 Å². The molecule has 0 fully saturated rings. The van der Waals surface area contributed by atoms with Gasteiger partial charge in [-0.15, -0.1) is 0 Å². The van der Waals surface area contributed by atoms with Gasteiger partial charge in [-0.2, -0.15) is 15.1 Å². The van der Waals surface area contributed by atoms with E-state index in [-0.39, 0.29) is 0 Å². The zero-order chi connectivity index (χ0) is 14.7. The van der Waals surface area contributed by atoms with Gasteiger partial charge in [-0.25, -0.2) is 0 Å². The van der Waals surface area contributed by atoms with E-state index in [9.17, 15) is 0 Å². The van der Waals surface area contributed by atoms with E-state index in [0.29, 0.717) is 18.1 Å². The van der Waals surface area contributed by atoms with Crippen LogP contribution in [-0.2, 0) is 6.54 Å². The summed E-state index contributed by atoms with van der Waals surface area (Å²) < 4.78 is 5.55. The molecule has 0 bridgehead atoms. The van der Waals surface area contributed by atoms with Crippen molar-refractivity contribution in [3.63, 3.8) is 0 Å². The summed E-state index contributed by atoms with van der Waals surface area (Å²) in [7, 11) is 0. The third-order valence-corrected chi connectivity index (χ3v) is 3.07. The van der Waals surface area contributed by atoms with Gasteiger partial charge >= 0.3 is 0 Å². The van der Waals surface area contributed by atoms with Crippen molar-refractivity contribution < 1.29 is 4.42 Å². The van der Waals surface area contributed by atoms with Crippen LogP contribution in [0.1, 0.15) is 24.9 Å². The van der Waals surface area contributed by atoms with Crippen LogP contribution in [0.25, 0.3) is 11.0 Å². The minimum Gasteiger partial charge on any atom is -0.465 e. The maximum absolute atomic E-state index is 5.55. The topological polar surface area (TPSA) is 91.7 Å². The van der Waals surface area contributed by atoms with E-state index < -0.39 is 0 Å². The summed E-state index contributed by atoms with van der Waals surface area (Å²) in [6.07, 6.45) is 2.73. The Morgan fingerprint density at radius 3 is 2.90 bits per heavy atom. The molecule has 0 amide bonds. The standard InChI is InChI=1S/C14H18N6O/c1-3-6-15-14-18-12(11-8-17-20-13(11)19-14)16-7-10-5-4-9(2)21-10/h4-5,8H,3,6-7H2,1-2H3,(H3,15,16,17,18,19,20). The fraction of sp³-hybridized carbons (Fsp3) is 0.357. The van der Waals surface area contributed by atoms with Crippen LogP contribution in [-0.4, -0.2) is 26.7 Å². The van der Waals surface area contributed by atoms with Crippen LogP contribution in [0, 0.1) is 6.92 Å². The van der Waals surface area contributed by atoms with Crippen molar-refractivity contribution in [2.75, 3.05) is 17.2 Å². The normalized spacial score (nSPS) is 11.0. The number of hydrogen-bond donors (Lipinski definition) is 3. The van der Waals surface area contributed by atoms with Crippen LogP contribution in [0.2, 0.25) is 0 Å². The first-order valence-electron chi connectivity index (χ1n) is 7.00. The lowest BCUT2D eigenvalue weighted by atomic mass is 10.3. The summed E-state index contributed by atoms with van der Waals surface area (Å²) in [4.78, 5) is 8.89. The van der Waals surface area contributed by atoms with E-state index in [0.717, 1.165) is 35.7 Å². The lowest BCUT2D eigenvalue weighted by Crippen LogP contribution is -2.08. The first kappa shape index (κ1) is 13.4. The van der Waals surface area contributed by atoms with Gasteiger partial charge in [-0.3, -0.25) is 5.10 Å². The van der Waals surface area contributed by atoms with Gasteiger partial charge in [0.2, 0.25) is 5.95 Å². The number of nitrogens with zero attached hydrogens (tertiary/aromatic N) is 3. The van der Waals surface area contributed by atoms with Crippen molar-refractivity contribution in [2.45, 2.75) is 26.8 Å². The minimum absolute atomic E-state index is 0.568. The van der Waals surface area contributed by atoms with Crippen LogP contribution in [0.4, 0.5) is 11.8 Å². The molecule has 21 heavy (non-hydrogen) atoms. The second-order valence-corrected chi connectivity index (χ2v) is 4.82. The molecule has 7 nitrogen and oxygen atoms in total. The van der Waals surface area contributed by atoms with Crippen molar-refractivity contribution in [3.8, 4) is 0 Å². The van der Waals surface area contributed by atoms with Gasteiger partial charge < -0.3 is 15.1 Å². The van der Waals surface area contributed by atoms with E-state index in [1.54, 1.807) is 6.20 Å². The predicted molar refractivity (Wildman–Crippen MR) is 81.2 cm³/mol. The molecule has 0 unspecified atom stereocenters. The molecule has 0 saturated heterocycles. The van der Waals surface area contributed by atoms with Gasteiger partial charge in [0.05, 0.1) is 18.1 Å². The number of rotatable bonds is 6. The summed E-state index contributed by atoms with van der Waals surface area (Å²) in [5.41, 5.74) is 0.710. The van der Waals surface area contributed by atoms with E-state index in [1.807, 2.05) is 19.1 Å². The monoisotopic (exact) mass is 286 g/mol. The number of anilines is 2. The zero-order valence-electron chi connectivity index (χ0n) is 12.1. The molecule has 3 heterocycles. The molecular formula is C14H18N6O. The molecule has 0 aromatic carbocycles. The number of aromatic amines is 1. The highest BCUT2D eigenvalue weighted by molar-refractivity contribution is 5.86. The highest BCUT2D eigenvalue weighted by Crippen LogP contribution is 2.21. The van der Waals surface area contributed by atoms with Crippen molar-refractivity contribution >= 4 is 22.8 Å². The lowest BCUT2D eigenvalue weighted by molar-refractivity contribution is 0.490. The molecule has 3 aromatic heterocycles. The predicted octanol–water partition coefficient (Wildman–Crippen LogP) is 2.69. The Bertz CT molecular complexity index is 732. The molecule has 0 radical (unpaired) electrons. The molecule has 0 aliphatic carbocycles. The Morgan fingerprint density at radius 2 is 2.14 bits per heavy atom. The quantitative estimate of drug-likeness (QED) is 0.645. The Kier molecular flexibility index (Phi) is 3.72. The molecule has 7 heteroatoms. The summed E-state index contributed by atoms with van der Waals surface area (Å²) in [5.74, 6) is 3.09. The van der Waals surface area contributed by atoms with Gasteiger partial charge in [0.15, 0.2) is 5.65 Å². The number of H-pyrrole nitrogens is 1. The molecular weight excluding hydrogens is 268 g/mol. The van der Waals surface area contributed by atoms with Crippen molar-refractivity contribution in [3.05, 3.63) is 29.9 Å². The highest BCUT2D eigenvalue weighted by Gasteiger charge is 2.09. The summed E-state index contributed by atoms with van der Waals surface area (Å²) >= 11 is 0. The molecule has 0 spiro atoms. The Hall–Kier alpha value is -2.57. The van der Waals surface area contributed by atoms with Crippen LogP contribution in [0.5, 0.6) is 0 Å². The largest absolute Gasteiger partial charge is 0.465 e. The van der Waals surface area contributed by atoms with Gasteiger partial charge in [-0.05, 0) is 25.5 Å². The van der Waals surface area contributed by atoms with Crippen molar-refractivity contribution in [1.29, 1.82) is 0 Å². The van der Waals surface area contributed by atoms with Crippen molar-refractivity contribution in [1.82, 2.24) is 20.2 Å². The van der Waals surface area contributed by atoms with Gasteiger partial charge in [0.1, 0.15) is 17.3 Å². The van der Waals surface area contributed by atoms with Crippen LogP contribution >= 0.6 is 0 Å². The Labute approximate surface area is 122 Å². The molecule has 0 aliphatic rings. The Balaban J connectivity index is 1.83. The first-order valence-corrected chi connectivity index (χ1v) is 7.00. The summed E-state index contributed by atoms with van der Waals surface area (Å²) in [5, 5.41) is 14.2. The minimum atomic E-state index is 0.568. The zero-order valence-corrected chi connectivity index (χ0v) is 12.1. The summed E-state index contributed by atoms with van der Waals surface area (Å²) in [6.45, 7) is 5.42. The molecule has 3 rings (SSSR count). The molecule has 3 N–H and O–H groups in total. The highest BCUT2D eigenvalue weighted by atomic mass is 16.3. The molecule has 0 atom stereocenters. The molecule has 0 saturated carbocycles. The Morgan fingerprint density at radius 1 is 1.24 bits per heavy atom. The van der Waals surface area contributed by atoms with Gasteiger partial charge in [-0.1, -0.05) is 6.92 Å². The molecule has 0 aliphatic heterocycles. The smallest absolute Gasteiger partial charge is 0.226 e. The average Bonchev–Trinajstić information content (AvgIpc) is 3.11. The number of aromatic nitrogens is 4. The fourth-order valence-corrected chi connectivity index (χ4v) is 2.04. The number of furan rings is 1.